The lowest BCUT2D eigenvalue weighted by atomic mass is 10.1. The van der Waals surface area contributed by atoms with Crippen LogP contribution in [-0.4, -0.2) is 12.1 Å². The second-order valence-electron chi connectivity index (χ2n) is 5.79. The van der Waals surface area contributed by atoms with E-state index in [0.717, 1.165) is 17.1 Å². The van der Waals surface area contributed by atoms with Crippen molar-refractivity contribution in [2.45, 2.75) is 64.5 Å². The van der Waals surface area contributed by atoms with Gasteiger partial charge in [0, 0.05) is 29.5 Å². The molecule has 1 aliphatic carbocycles. The fourth-order valence-electron chi connectivity index (χ4n) is 2.71. The molecule has 106 valence electrons. The zero-order valence-electron chi connectivity index (χ0n) is 12.1. The average molecular weight is 262 g/mol. The topological polar surface area (TPSA) is 47.3 Å². The van der Waals surface area contributed by atoms with Crippen LogP contribution in [0.15, 0.2) is 18.2 Å². The number of nitrogens with two attached hydrogens (primary N) is 1. The third-order valence-electron chi connectivity index (χ3n) is 3.53. The van der Waals surface area contributed by atoms with Gasteiger partial charge in [0.05, 0.1) is 6.10 Å². The van der Waals surface area contributed by atoms with Crippen LogP contribution < -0.4 is 15.8 Å². The van der Waals surface area contributed by atoms with E-state index in [0.29, 0.717) is 6.04 Å². The third-order valence-corrected chi connectivity index (χ3v) is 3.53. The van der Waals surface area contributed by atoms with Crippen LogP contribution in [0.5, 0.6) is 5.75 Å². The molecular weight excluding hydrogens is 236 g/mol. The van der Waals surface area contributed by atoms with E-state index in [2.05, 4.69) is 11.4 Å². The summed E-state index contributed by atoms with van der Waals surface area (Å²) in [7, 11) is 0. The van der Waals surface area contributed by atoms with Crippen molar-refractivity contribution in [3.63, 3.8) is 0 Å². The van der Waals surface area contributed by atoms with E-state index in [1.165, 1.54) is 38.5 Å². The van der Waals surface area contributed by atoms with Crippen LogP contribution in [-0.2, 0) is 0 Å². The maximum Gasteiger partial charge on any atom is 0.123 e. The molecular formula is C16H26N2O. The van der Waals surface area contributed by atoms with Gasteiger partial charge in [-0.3, -0.25) is 0 Å². The molecule has 0 atom stereocenters. The van der Waals surface area contributed by atoms with Crippen molar-refractivity contribution in [2.24, 2.45) is 0 Å². The molecule has 1 saturated carbocycles. The number of rotatable bonds is 4. The van der Waals surface area contributed by atoms with Gasteiger partial charge in [0.15, 0.2) is 0 Å². The Kier molecular flexibility index (Phi) is 4.94. The van der Waals surface area contributed by atoms with Gasteiger partial charge in [-0.25, -0.2) is 0 Å². The Labute approximate surface area is 116 Å². The van der Waals surface area contributed by atoms with Crippen molar-refractivity contribution >= 4 is 11.4 Å². The van der Waals surface area contributed by atoms with Crippen LogP contribution in [0, 0.1) is 0 Å². The summed E-state index contributed by atoms with van der Waals surface area (Å²) in [5.41, 5.74) is 7.80. The first-order valence-electron chi connectivity index (χ1n) is 7.47. The molecule has 3 heteroatoms. The molecule has 3 nitrogen and oxygen atoms in total. The molecule has 19 heavy (non-hydrogen) atoms. The van der Waals surface area contributed by atoms with Gasteiger partial charge in [-0.1, -0.05) is 25.7 Å². The van der Waals surface area contributed by atoms with Gasteiger partial charge in [0.1, 0.15) is 5.75 Å². The first-order valence-corrected chi connectivity index (χ1v) is 7.47. The quantitative estimate of drug-likeness (QED) is 0.632. The molecule has 0 unspecified atom stereocenters. The lowest BCUT2D eigenvalue weighted by Gasteiger charge is -2.19. The molecule has 0 aliphatic heterocycles. The van der Waals surface area contributed by atoms with E-state index >= 15 is 0 Å². The van der Waals surface area contributed by atoms with Gasteiger partial charge in [-0.15, -0.1) is 0 Å². The molecule has 0 bridgehead atoms. The Morgan fingerprint density at radius 3 is 2.42 bits per heavy atom. The Bertz CT molecular complexity index is 396. The SMILES string of the molecule is CC(C)Oc1cc(N)cc(NC2CCCCCC2)c1. The summed E-state index contributed by atoms with van der Waals surface area (Å²) < 4.78 is 5.73. The van der Waals surface area contributed by atoms with Crippen LogP contribution in [0.25, 0.3) is 0 Å². The van der Waals surface area contributed by atoms with Gasteiger partial charge < -0.3 is 15.8 Å². The highest BCUT2D eigenvalue weighted by Gasteiger charge is 2.12. The maximum atomic E-state index is 5.95. The molecule has 0 radical (unpaired) electrons. The number of anilines is 2. The molecule has 0 heterocycles. The predicted molar refractivity (Wildman–Crippen MR) is 81.7 cm³/mol. The number of hydrogen-bond donors (Lipinski definition) is 2. The van der Waals surface area contributed by atoms with Gasteiger partial charge in [0.2, 0.25) is 0 Å². The molecule has 0 saturated heterocycles. The summed E-state index contributed by atoms with van der Waals surface area (Å²) in [5, 5.41) is 3.62. The number of nitrogens with one attached hydrogen (secondary N) is 1. The van der Waals surface area contributed by atoms with E-state index in [9.17, 15) is 0 Å². The summed E-state index contributed by atoms with van der Waals surface area (Å²) in [6.07, 6.45) is 8.09. The summed E-state index contributed by atoms with van der Waals surface area (Å²) in [6, 6.07) is 6.52. The zero-order chi connectivity index (χ0) is 13.7. The molecule has 3 N–H and O–H groups in total. The summed E-state index contributed by atoms with van der Waals surface area (Å²) >= 11 is 0. The highest BCUT2D eigenvalue weighted by Crippen LogP contribution is 2.26. The van der Waals surface area contributed by atoms with Gasteiger partial charge in [0.25, 0.3) is 0 Å². The highest BCUT2D eigenvalue weighted by atomic mass is 16.5. The van der Waals surface area contributed by atoms with E-state index < -0.39 is 0 Å². The number of hydrogen-bond acceptors (Lipinski definition) is 3. The first kappa shape index (κ1) is 14.0. The zero-order valence-corrected chi connectivity index (χ0v) is 12.1. The maximum absolute atomic E-state index is 5.95. The van der Waals surface area contributed by atoms with Crippen LogP contribution in [0.1, 0.15) is 52.4 Å². The van der Waals surface area contributed by atoms with E-state index in [1.54, 1.807) is 0 Å². The summed E-state index contributed by atoms with van der Waals surface area (Å²) in [6.45, 7) is 4.06. The monoisotopic (exact) mass is 262 g/mol. The number of benzene rings is 1. The van der Waals surface area contributed by atoms with Crippen LogP contribution in [0.2, 0.25) is 0 Å². The molecule has 0 spiro atoms. The van der Waals surface area contributed by atoms with Crippen molar-refractivity contribution in [1.29, 1.82) is 0 Å². The van der Waals surface area contributed by atoms with Crippen LogP contribution >= 0.6 is 0 Å². The minimum absolute atomic E-state index is 0.174. The number of ether oxygens (including phenoxy) is 1. The summed E-state index contributed by atoms with van der Waals surface area (Å²) in [5.74, 6) is 0.853. The second kappa shape index (κ2) is 6.69. The Balaban J connectivity index is 2.04. The largest absolute Gasteiger partial charge is 0.491 e. The lowest BCUT2D eigenvalue weighted by molar-refractivity contribution is 0.242. The Morgan fingerprint density at radius 2 is 1.79 bits per heavy atom. The lowest BCUT2D eigenvalue weighted by Crippen LogP contribution is -2.18. The van der Waals surface area contributed by atoms with Crippen molar-refractivity contribution in [3.8, 4) is 5.75 Å². The second-order valence-corrected chi connectivity index (χ2v) is 5.79. The van der Waals surface area contributed by atoms with Gasteiger partial charge in [-0.2, -0.15) is 0 Å². The van der Waals surface area contributed by atoms with E-state index in [1.807, 2.05) is 26.0 Å². The van der Waals surface area contributed by atoms with Crippen molar-refractivity contribution in [3.05, 3.63) is 18.2 Å². The molecule has 0 amide bonds. The minimum atomic E-state index is 0.174. The predicted octanol–water partition coefficient (Wildman–Crippen LogP) is 4.19. The molecule has 1 aromatic rings. The summed E-state index contributed by atoms with van der Waals surface area (Å²) in [4.78, 5) is 0. The third kappa shape index (κ3) is 4.66. The van der Waals surface area contributed by atoms with Crippen molar-refractivity contribution in [2.75, 3.05) is 11.1 Å². The average Bonchev–Trinajstić information content (AvgIpc) is 2.55. The normalized spacial score (nSPS) is 17.2. The smallest absolute Gasteiger partial charge is 0.123 e. The minimum Gasteiger partial charge on any atom is -0.491 e. The van der Waals surface area contributed by atoms with Crippen LogP contribution in [0.3, 0.4) is 0 Å². The van der Waals surface area contributed by atoms with Gasteiger partial charge in [-0.05, 0) is 32.8 Å². The van der Waals surface area contributed by atoms with E-state index in [4.69, 9.17) is 10.5 Å². The van der Waals surface area contributed by atoms with Gasteiger partial charge >= 0.3 is 0 Å². The molecule has 2 rings (SSSR count). The first-order chi connectivity index (χ1) is 9.13. The Morgan fingerprint density at radius 1 is 1.11 bits per heavy atom. The highest BCUT2D eigenvalue weighted by molar-refractivity contribution is 5.59. The molecule has 1 aliphatic rings. The van der Waals surface area contributed by atoms with Crippen molar-refractivity contribution in [1.82, 2.24) is 0 Å². The Hall–Kier alpha value is -1.38. The molecule has 1 aromatic carbocycles. The molecule has 1 fully saturated rings. The standard InChI is InChI=1S/C16H26N2O/c1-12(2)19-16-10-13(17)9-15(11-16)18-14-7-5-3-4-6-8-14/h9-12,14,18H,3-8,17H2,1-2H3. The number of nitrogen functional groups attached to an aromatic ring is 1. The van der Waals surface area contributed by atoms with Crippen molar-refractivity contribution < 1.29 is 4.74 Å². The molecule has 0 aromatic heterocycles. The van der Waals surface area contributed by atoms with E-state index in [-0.39, 0.29) is 6.10 Å². The van der Waals surface area contributed by atoms with Crippen LogP contribution in [0.4, 0.5) is 11.4 Å². The fourth-order valence-corrected chi connectivity index (χ4v) is 2.71. The fraction of sp³-hybridized carbons (Fsp3) is 0.625.